The molecule has 7 nitrogen and oxygen atoms in total. The molecule has 1 atom stereocenters. The Morgan fingerprint density at radius 1 is 1.27 bits per heavy atom. The van der Waals surface area contributed by atoms with Gasteiger partial charge < -0.3 is 20.5 Å². The predicted molar refractivity (Wildman–Crippen MR) is 98.9 cm³/mol. The van der Waals surface area contributed by atoms with Gasteiger partial charge in [0.25, 0.3) is 0 Å². The highest BCUT2D eigenvalue weighted by Gasteiger charge is 2.16. The van der Waals surface area contributed by atoms with E-state index in [1.807, 2.05) is 32.0 Å². The number of aromatic nitrogens is 2. The molecule has 0 spiro atoms. The first-order valence-electron chi connectivity index (χ1n) is 8.59. The van der Waals surface area contributed by atoms with Gasteiger partial charge in [-0.2, -0.15) is 0 Å². The summed E-state index contributed by atoms with van der Waals surface area (Å²) < 4.78 is 11.2. The summed E-state index contributed by atoms with van der Waals surface area (Å²) in [6.07, 6.45) is 3.84. The summed E-state index contributed by atoms with van der Waals surface area (Å²) in [4.78, 5) is 19.9. The van der Waals surface area contributed by atoms with Gasteiger partial charge in [-0.25, -0.2) is 9.97 Å². The van der Waals surface area contributed by atoms with Crippen molar-refractivity contribution in [3.8, 4) is 11.5 Å². The number of ether oxygens (including phenoxy) is 2. The lowest BCUT2D eigenvalue weighted by Crippen LogP contribution is -2.44. The van der Waals surface area contributed by atoms with E-state index >= 15 is 0 Å². The number of carbonyl (C=O) groups is 1. The highest BCUT2D eigenvalue weighted by atomic mass is 16.5. The van der Waals surface area contributed by atoms with Crippen molar-refractivity contribution in [2.75, 3.05) is 13.7 Å². The van der Waals surface area contributed by atoms with E-state index in [2.05, 4.69) is 15.3 Å². The van der Waals surface area contributed by atoms with Crippen molar-refractivity contribution in [1.82, 2.24) is 15.3 Å². The van der Waals surface area contributed by atoms with E-state index in [1.54, 1.807) is 19.4 Å². The molecule has 0 saturated carbocycles. The molecule has 1 aromatic heterocycles. The molecule has 0 aliphatic rings. The van der Waals surface area contributed by atoms with Gasteiger partial charge in [0.2, 0.25) is 5.91 Å². The van der Waals surface area contributed by atoms with Gasteiger partial charge in [-0.1, -0.05) is 19.9 Å². The van der Waals surface area contributed by atoms with Crippen LogP contribution in [0.1, 0.15) is 25.1 Å². The van der Waals surface area contributed by atoms with Crippen LogP contribution in [0, 0.1) is 5.92 Å². The molecule has 3 N–H and O–H groups in total. The van der Waals surface area contributed by atoms with Crippen LogP contribution in [0.5, 0.6) is 11.5 Å². The Bertz CT molecular complexity index is 707. The molecule has 0 aliphatic carbocycles. The second-order valence-corrected chi connectivity index (χ2v) is 6.29. The maximum absolute atomic E-state index is 11.9. The zero-order chi connectivity index (χ0) is 18.9. The summed E-state index contributed by atoms with van der Waals surface area (Å²) >= 11 is 0. The van der Waals surface area contributed by atoms with Crippen molar-refractivity contribution in [2.45, 2.75) is 32.9 Å². The van der Waals surface area contributed by atoms with Crippen molar-refractivity contribution in [2.24, 2.45) is 11.7 Å². The van der Waals surface area contributed by atoms with Crippen LogP contribution in [0.25, 0.3) is 0 Å². The topological polar surface area (TPSA) is 99.4 Å². The summed E-state index contributed by atoms with van der Waals surface area (Å²) in [5.41, 5.74) is 7.65. The van der Waals surface area contributed by atoms with Gasteiger partial charge in [-0.15, -0.1) is 0 Å². The lowest BCUT2D eigenvalue weighted by atomic mass is 10.0. The number of hydrogen-bond donors (Lipinski definition) is 2. The minimum atomic E-state index is -0.484. The van der Waals surface area contributed by atoms with Gasteiger partial charge in [0.1, 0.15) is 12.9 Å². The van der Waals surface area contributed by atoms with E-state index in [0.717, 1.165) is 11.3 Å². The van der Waals surface area contributed by atoms with Gasteiger partial charge in [0, 0.05) is 12.7 Å². The molecule has 0 radical (unpaired) electrons. The maximum atomic E-state index is 11.9. The number of hydrogen-bond acceptors (Lipinski definition) is 6. The molecule has 1 aromatic carbocycles. The fourth-order valence-electron chi connectivity index (χ4n) is 2.29. The van der Waals surface area contributed by atoms with Crippen molar-refractivity contribution in [3.05, 3.63) is 48.0 Å². The summed E-state index contributed by atoms with van der Waals surface area (Å²) in [5.74, 6) is 1.26. The van der Waals surface area contributed by atoms with Crippen molar-refractivity contribution < 1.29 is 14.3 Å². The van der Waals surface area contributed by atoms with E-state index in [0.29, 0.717) is 31.1 Å². The second-order valence-electron chi connectivity index (χ2n) is 6.29. The molecule has 0 fully saturated rings. The molecule has 26 heavy (non-hydrogen) atoms. The zero-order valence-electron chi connectivity index (χ0n) is 15.4. The Balaban J connectivity index is 1.90. The lowest BCUT2D eigenvalue weighted by Gasteiger charge is -2.15. The molecule has 2 rings (SSSR count). The number of benzene rings is 1. The Morgan fingerprint density at radius 3 is 2.73 bits per heavy atom. The quantitative estimate of drug-likeness (QED) is 0.708. The molecule has 140 valence electrons. The maximum Gasteiger partial charge on any atom is 0.237 e. The van der Waals surface area contributed by atoms with Crippen LogP contribution < -0.4 is 20.5 Å². The standard InChI is InChI=1S/C19H26N4O3/c1-13(2)18(20)19(24)22-9-6-14-4-5-16(17(10-14)25-3)26-11-15-7-8-21-12-23-15/h4-5,7-8,10,12-13,18H,6,9,11,20H2,1-3H3,(H,22,24)/t18-/m0/s1. The van der Waals surface area contributed by atoms with Crippen LogP contribution in [-0.2, 0) is 17.8 Å². The Hall–Kier alpha value is -2.67. The third kappa shape index (κ3) is 5.70. The minimum absolute atomic E-state index is 0.112. The number of nitrogens with two attached hydrogens (primary N) is 1. The van der Waals surface area contributed by atoms with Crippen LogP contribution in [0.2, 0.25) is 0 Å². The number of amides is 1. The molecule has 0 aliphatic heterocycles. The van der Waals surface area contributed by atoms with Crippen LogP contribution in [0.15, 0.2) is 36.8 Å². The molecule has 0 saturated heterocycles. The number of methoxy groups -OCH3 is 1. The average molecular weight is 358 g/mol. The molecule has 1 amide bonds. The molecule has 1 heterocycles. The monoisotopic (exact) mass is 358 g/mol. The molecule has 7 heteroatoms. The number of nitrogens with one attached hydrogen (secondary N) is 1. The summed E-state index contributed by atoms with van der Waals surface area (Å²) in [6, 6.07) is 7.03. The van der Waals surface area contributed by atoms with Crippen LogP contribution >= 0.6 is 0 Å². The van der Waals surface area contributed by atoms with E-state index in [-0.39, 0.29) is 11.8 Å². The van der Waals surface area contributed by atoms with Crippen LogP contribution in [-0.4, -0.2) is 35.6 Å². The SMILES string of the molecule is COc1cc(CCNC(=O)[C@@H](N)C(C)C)ccc1OCc1ccncn1. The minimum Gasteiger partial charge on any atom is -0.493 e. The van der Waals surface area contributed by atoms with Gasteiger partial charge >= 0.3 is 0 Å². The third-order valence-electron chi connectivity index (χ3n) is 3.98. The van der Waals surface area contributed by atoms with Crippen molar-refractivity contribution in [1.29, 1.82) is 0 Å². The van der Waals surface area contributed by atoms with Gasteiger partial charge in [0.05, 0.1) is 18.8 Å². The second kappa shape index (κ2) is 9.72. The normalized spacial score (nSPS) is 11.9. The highest BCUT2D eigenvalue weighted by molar-refractivity contribution is 5.81. The predicted octanol–water partition coefficient (Wildman–Crippen LogP) is 1.71. The van der Waals surface area contributed by atoms with Crippen LogP contribution in [0.4, 0.5) is 0 Å². The number of carbonyl (C=O) groups excluding carboxylic acids is 1. The average Bonchev–Trinajstić information content (AvgIpc) is 2.66. The molecular formula is C19H26N4O3. The first-order chi connectivity index (χ1) is 12.5. The summed E-state index contributed by atoms with van der Waals surface area (Å²) in [5, 5.41) is 2.86. The molecule has 0 unspecified atom stereocenters. The number of nitrogens with zero attached hydrogens (tertiary/aromatic N) is 2. The van der Waals surface area contributed by atoms with Crippen molar-refractivity contribution >= 4 is 5.91 Å². The van der Waals surface area contributed by atoms with E-state index in [4.69, 9.17) is 15.2 Å². The number of rotatable bonds is 9. The van der Waals surface area contributed by atoms with E-state index in [9.17, 15) is 4.79 Å². The molecule has 2 aromatic rings. The Kier molecular flexibility index (Phi) is 7.35. The first-order valence-corrected chi connectivity index (χ1v) is 8.59. The van der Waals surface area contributed by atoms with E-state index in [1.165, 1.54) is 6.33 Å². The molecule has 0 bridgehead atoms. The van der Waals surface area contributed by atoms with Gasteiger partial charge in [-0.05, 0) is 36.1 Å². The van der Waals surface area contributed by atoms with E-state index < -0.39 is 6.04 Å². The fraction of sp³-hybridized carbons (Fsp3) is 0.421. The highest BCUT2D eigenvalue weighted by Crippen LogP contribution is 2.28. The largest absolute Gasteiger partial charge is 0.493 e. The third-order valence-corrected chi connectivity index (χ3v) is 3.98. The molecular weight excluding hydrogens is 332 g/mol. The first kappa shape index (κ1) is 19.7. The van der Waals surface area contributed by atoms with Gasteiger partial charge in [-0.3, -0.25) is 4.79 Å². The van der Waals surface area contributed by atoms with Crippen LogP contribution in [0.3, 0.4) is 0 Å². The Morgan fingerprint density at radius 2 is 2.08 bits per heavy atom. The lowest BCUT2D eigenvalue weighted by molar-refractivity contribution is -0.123. The smallest absolute Gasteiger partial charge is 0.237 e. The van der Waals surface area contributed by atoms with Gasteiger partial charge in [0.15, 0.2) is 11.5 Å². The summed E-state index contributed by atoms with van der Waals surface area (Å²) in [6.45, 7) is 4.70. The fourth-order valence-corrected chi connectivity index (χ4v) is 2.29. The summed E-state index contributed by atoms with van der Waals surface area (Å²) in [7, 11) is 1.60. The zero-order valence-corrected chi connectivity index (χ0v) is 15.4. The van der Waals surface area contributed by atoms with Crippen molar-refractivity contribution in [3.63, 3.8) is 0 Å². The Labute approximate surface area is 153 Å².